The molecule has 0 fully saturated rings. The van der Waals surface area contributed by atoms with E-state index in [1.807, 2.05) is 0 Å². The summed E-state index contributed by atoms with van der Waals surface area (Å²) in [6.45, 7) is 8.11. The van der Waals surface area contributed by atoms with Gasteiger partial charge in [0.25, 0.3) is 0 Å². The Balaban J connectivity index is 2.42. The summed E-state index contributed by atoms with van der Waals surface area (Å²) in [5.74, 6) is 0.928. The van der Waals surface area contributed by atoms with Crippen molar-refractivity contribution >= 4 is 5.84 Å². The molecule has 1 atom stereocenters. The molecular weight excluding hydrogens is 198 g/mol. The van der Waals surface area contributed by atoms with Crippen LogP contribution in [-0.4, -0.2) is 18.9 Å². The lowest BCUT2D eigenvalue weighted by Gasteiger charge is -2.19. The number of nitrogens with one attached hydrogen (secondary N) is 1. The summed E-state index contributed by atoms with van der Waals surface area (Å²) in [4.78, 5) is 4.40. The van der Waals surface area contributed by atoms with Crippen molar-refractivity contribution in [2.45, 2.75) is 26.8 Å². The summed E-state index contributed by atoms with van der Waals surface area (Å²) >= 11 is 0. The van der Waals surface area contributed by atoms with E-state index in [4.69, 9.17) is 5.73 Å². The van der Waals surface area contributed by atoms with Crippen LogP contribution in [0.2, 0.25) is 0 Å². The Morgan fingerprint density at radius 2 is 1.94 bits per heavy atom. The minimum atomic E-state index is -0.109. The molecule has 16 heavy (non-hydrogen) atoms. The molecule has 0 saturated heterocycles. The number of aryl methyl sites for hydroxylation is 2. The maximum atomic E-state index is 6.28. The summed E-state index contributed by atoms with van der Waals surface area (Å²) < 4.78 is 0. The largest absolute Gasteiger partial charge is 0.370 e. The topological polar surface area (TPSA) is 50.4 Å². The quantitative estimate of drug-likeness (QED) is 0.790. The predicted octanol–water partition coefficient (Wildman–Crippen LogP) is 1.61. The van der Waals surface area contributed by atoms with Crippen molar-refractivity contribution in [1.29, 1.82) is 0 Å². The predicted molar refractivity (Wildman–Crippen MR) is 67.9 cm³/mol. The lowest BCUT2D eigenvalue weighted by atomic mass is 9.93. The third-order valence-corrected chi connectivity index (χ3v) is 3.31. The molecule has 0 spiro atoms. The summed E-state index contributed by atoms with van der Waals surface area (Å²) in [5, 5.41) is 3.25. The fraction of sp³-hybridized carbons (Fsp3) is 0.462. The molecule has 86 valence electrons. The second-order valence-electron chi connectivity index (χ2n) is 4.41. The number of rotatable bonds is 2. The highest BCUT2D eigenvalue weighted by Crippen LogP contribution is 2.24. The van der Waals surface area contributed by atoms with Gasteiger partial charge in [0, 0.05) is 6.54 Å². The molecule has 1 aromatic carbocycles. The van der Waals surface area contributed by atoms with E-state index in [-0.39, 0.29) is 6.04 Å². The number of nitrogens with two attached hydrogens (primary N) is 1. The van der Waals surface area contributed by atoms with Gasteiger partial charge in [-0.1, -0.05) is 12.1 Å². The Kier molecular flexibility index (Phi) is 2.97. The van der Waals surface area contributed by atoms with Crippen LogP contribution >= 0.6 is 0 Å². The number of hydrogen-bond donors (Lipinski definition) is 2. The maximum Gasteiger partial charge on any atom is 0.118 e. The first kappa shape index (κ1) is 11.1. The minimum Gasteiger partial charge on any atom is -0.370 e. The van der Waals surface area contributed by atoms with Crippen LogP contribution in [0.25, 0.3) is 0 Å². The average molecular weight is 217 g/mol. The molecule has 0 radical (unpaired) electrons. The Morgan fingerprint density at radius 3 is 2.56 bits per heavy atom. The number of hydrogen-bond acceptors (Lipinski definition) is 3. The molecule has 1 aromatic rings. The Morgan fingerprint density at radius 1 is 1.25 bits per heavy atom. The van der Waals surface area contributed by atoms with Gasteiger partial charge in [-0.05, 0) is 43.0 Å². The summed E-state index contributed by atoms with van der Waals surface area (Å²) in [6, 6.07) is 4.17. The van der Waals surface area contributed by atoms with Crippen LogP contribution in [0.1, 0.15) is 28.3 Å². The van der Waals surface area contributed by atoms with Crippen LogP contribution in [0.4, 0.5) is 0 Å². The molecule has 1 heterocycles. The molecule has 0 aliphatic carbocycles. The Bertz CT molecular complexity index is 435. The van der Waals surface area contributed by atoms with Gasteiger partial charge in [0.15, 0.2) is 0 Å². The molecule has 1 unspecified atom stereocenters. The van der Waals surface area contributed by atoms with Gasteiger partial charge >= 0.3 is 0 Å². The summed E-state index contributed by atoms with van der Waals surface area (Å²) in [6.07, 6.45) is 0. The molecule has 2 rings (SSSR count). The molecule has 3 heteroatoms. The SMILES string of the molecule is Cc1ccc(C)c(C(N)C2=NCCN2)c1C. The van der Waals surface area contributed by atoms with Crippen molar-refractivity contribution in [3.63, 3.8) is 0 Å². The second-order valence-corrected chi connectivity index (χ2v) is 4.41. The van der Waals surface area contributed by atoms with Gasteiger partial charge in [0.2, 0.25) is 0 Å². The fourth-order valence-electron chi connectivity index (χ4n) is 2.21. The summed E-state index contributed by atoms with van der Waals surface area (Å²) in [7, 11) is 0. The zero-order valence-corrected chi connectivity index (χ0v) is 10.2. The zero-order valence-electron chi connectivity index (χ0n) is 10.2. The van der Waals surface area contributed by atoms with Crippen LogP contribution in [0.3, 0.4) is 0 Å². The molecule has 0 saturated carbocycles. The van der Waals surface area contributed by atoms with Crippen molar-refractivity contribution in [3.8, 4) is 0 Å². The van der Waals surface area contributed by atoms with Gasteiger partial charge in [-0.15, -0.1) is 0 Å². The van der Waals surface area contributed by atoms with Gasteiger partial charge in [-0.3, -0.25) is 4.99 Å². The van der Waals surface area contributed by atoms with E-state index in [9.17, 15) is 0 Å². The van der Waals surface area contributed by atoms with Crippen LogP contribution < -0.4 is 11.1 Å². The first-order valence-electron chi connectivity index (χ1n) is 5.71. The zero-order chi connectivity index (χ0) is 11.7. The standard InChI is InChI=1S/C13H19N3/c1-8-4-5-9(2)11(10(8)3)12(14)13-15-6-7-16-13/h4-5,12H,6-7,14H2,1-3H3,(H,15,16). The number of nitrogens with zero attached hydrogens (tertiary/aromatic N) is 1. The van der Waals surface area contributed by atoms with E-state index in [1.54, 1.807) is 0 Å². The van der Waals surface area contributed by atoms with Crippen molar-refractivity contribution in [2.24, 2.45) is 10.7 Å². The molecule has 0 aromatic heterocycles. The number of benzene rings is 1. The fourth-order valence-corrected chi connectivity index (χ4v) is 2.21. The molecule has 0 bridgehead atoms. The van der Waals surface area contributed by atoms with Gasteiger partial charge in [0.1, 0.15) is 5.84 Å². The van der Waals surface area contributed by atoms with E-state index in [2.05, 4.69) is 43.2 Å². The van der Waals surface area contributed by atoms with Crippen molar-refractivity contribution in [1.82, 2.24) is 5.32 Å². The van der Waals surface area contributed by atoms with Gasteiger partial charge in [-0.2, -0.15) is 0 Å². The molecule has 3 N–H and O–H groups in total. The van der Waals surface area contributed by atoms with E-state index in [1.165, 1.54) is 22.3 Å². The molecule has 1 aliphatic rings. The second kappa shape index (κ2) is 4.26. The number of aliphatic imine (C=N–C) groups is 1. The van der Waals surface area contributed by atoms with E-state index < -0.39 is 0 Å². The van der Waals surface area contributed by atoms with E-state index >= 15 is 0 Å². The van der Waals surface area contributed by atoms with Crippen molar-refractivity contribution in [3.05, 3.63) is 34.4 Å². The smallest absolute Gasteiger partial charge is 0.118 e. The van der Waals surface area contributed by atoms with Gasteiger partial charge in [-0.25, -0.2) is 0 Å². The third-order valence-electron chi connectivity index (χ3n) is 3.31. The molecule has 1 aliphatic heterocycles. The lowest BCUT2D eigenvalue weighted by molar-refractivity contribution is 0.877. The van der Waals surface area contributed by atoms with Gasteiger partial charge < -0.3 is 11.1 Å². The molecule has 0 amide bonds. The highest BCUT2D eigenvalue weighted by Gasteiger charge is 2.20. The monoisotopic (exact) mass is 217 g/mol. The third kappa shape index (κ3) is 1.83. The van der Waals surface area contributed by atoms with E-state index in [0.29, 0.717) is 0 Å². The van der Waals surface area contributed by atoms with Crippen molar-refractivity contribution < 1.29 is 0 Å². The number of amidine groups is 1. The first-order chi connectivity index (χ1) is 7.61. The van der Waals surface area contributed by atoms with Crippen LogP contribution in [0.15, 0.2) is 17.1 Å². The lowest BCUT2D eigenvalue weighted by Crippen LogP contribution is -2.32. The van der Waals surface area contributed by atoms with Crippen LogP contribution in [-0.2, 0) is 0 Å². The Hall–Kier alpha value is -1.35. The average Bonchev–Trinajstić information content (AvgIpc) is 2.77. The minimum absolute atomic E-state index is 0.109. The van der Waals surface area contributed by atoms with Crippen LogP contribution in [0.5, 0.6) is 0 Å². The van der Waals surface area contributed by atoms with E-state index in [0.717, 1.165) is 18.9 Å². The van der Waals surface area contributed by atoms with Crippen molar-refractivity contribution in [2.75, 3.05) is 13.1 Å². The van der Waals surface area contributed by atoms with Crippen LogP contribution in [0, 0.1) is 20.8 Å². The normalized spacial score (nSPS) is 16.9. The maximum absolute atomic E-state index is 6.28. The molecule has 3 nitrogen and oxygen atoms in total. The molecular formula is C13H19N3. The van der Waals surface area contributed by atoms with Gasteiger partial charge in [0.05, 0.1) is 12.6 Å². The first-order valence-corrected chi connectivity index (χ1v) is 5.71. The highest BCUT2D eigenvalue weighted by atomic mass is 15.1. The Labute approximate surface area is 96.8 Å². The summed E-state index contributed by atoms with van der Waals surface area (Å²) in [5.41, 5.74) is 11.3. The highest BCUT2D eigenvalue weighted by molar-refractivity contribution is 5.90.